The van der Waals surface area contributed by atoms with Crippen molar-refractivity contribution in [2.75, 3.05) is 30.3 Å². The van der Waals surface area contributed by atoms with E-state index >= 15 is 0 Å². The largest absolute Gasteiger partial charge is 0.346 e. The van der Waals surface area contributed by atoms with Gasteiger partial charge >= 0.3 is 0 Å². The number of hydrogen-bond acceptors (Lipinski definition) is 5. The highest BCUT2D eigenvalue weighted by atomic mass is 32.2. The first-order valence-electron chi connectivity index (χ1n) is 7.91. The first-order chi connectivity index (χ1) is 9.81. The Morgan fingerprint density at radius 1 is 1.40 bits per heavy atom. The van der Waals surface area contributed by atoms with Gasteiger partial charge in [0, 0.05) is 35.0 Å². The molecule has 0 saturated carbocycles. The molecule has 1 aromatic heterocycles. The molecule has 1 aliphatic heterocycles. The van der Waals surface area contributed by atoms with E-state index in [0.29, 0.717) is 6.04 Å². The minimum absolute atomic E-state index is 0.552. The van der Waals surface area contributed by atoms with Gasteiger partial charge in [0.1, 0.15) is 0 Å². The van der Waals surface area contributed by atoms with Crippen molar-refractivity contribution in [3.63, 3.8) is 0 Å². The van der Waals surface area contributed by atoms with Crippen molar-refractivity contribution >= 4 is 28.2 Å². The maximum absolute atomic E-state index is 4.97. The van der Waals surface area contributed by atoms with Gasteiger partial charge in [-0.1, -0.05) is 25.2 Å². The van der Waals surface area contributed by atoms with Crippen molar-refractivity contribution in [2.45, 2.75) is 50.8 Å². The van der Waals surface area contributed by atoms with Gasteiger partial charge in [0.05, 0.1) is 5.69 Å². The molecule has 20 heavy (non-hydrogen) atoms. The van der Waals surface area contributed by atoms with E-state index in [1.54, 1.807) is 0 Å². The van der Waals surface area contributed by atoms with E-state index in [1.165, 1.54) is 60.2 Å². The summed E-state index contributed by atoms with van der Waals surface area (Å²) in [5.74, 6) is 1.25. The molecule has 112 valence electrons. The van der Waals surface area contributed by atoms with E-state index in [2.05, 4.69) is 35.8 Å². The lowest BCUT2D eigenvalue weighted by molar-refractivity contribution is 0.476. The lowest BCUT2D eigenvalue weighted by Gasteiger charge is -2.31. The van der Waals surface area contributed by atoms with Crippen LogP contribution in [0.4, 0.5) is 5.13 Å². The first kappa shape index (κ1) is 14.7. The van der Waals surface area contributed by atoms with Gasteiger partial charge in [-0.3, -0.25) is 0 Å². The lowest BCUT2D eigenvalue weighted by Crippen LogP contribution is -2.37. The molecule has 1 saturated heterocycles. The Balaban J connectivity index is 1.78. The number of anilines is 1. The average molecular weight is 312 g/mol. The molecular weight excluding hydrogens is 286 g/mol. The van der Waals surface area contributed by atoms with Crippen molar-refractivity contribution in [2.24, 2.45) is 0 Å². The van der Waals surface area contributed by atoms with Crippen LogP contribution in [-0.4, -0.2) is 35.6 Å². The van der Waals surface area contributed by atoms with E-state index in [0.717, 1.165) is 11.8 Å². The van der Waals surface area contributed by atoms with Gasteiger partial charge < -0.3 is 10.2 Å². The molecule has 0 bridgehead atoms. The molecule has 1 aliphatic carbocycles. The predicted octanol–water partition coefficient (Wildman–Crippen LogP) is 3.46. The van der Waals surface area contributed by atoms with Crippen LogP contribution in [0, 0.1) is 0 Å². The third kappa shape index (κ3) is 3.00. The second-order valence-electron chi connectivity index (χ2n) is 5.66. The zero-order chi connectivity index (χ0) is 13.9. The summed E-state index contributed by atoms with van der Waals surface area (Å²) in [7, 11) is 0. The smallest absolute Gasteiger partial charge is 0.185 e. The molecule has 1 aromatic rings. The molecular formula is C15H25N3S2. The van der Waals surface area contributed by atoms with Crippen LogP contribution in [0.5, 0.6) is 0 Å². The van der Waals surface area contributed by atoms with Crippen LogP contribution in [0.2, 0.25) is 0 Å². The topological polar surface area (TPSA) is 28.2 Å². The standard InChI is InChI=1S/C15H25N3S2/c1-3-11-10-18(8-9-19-11)15-17-13-7-5-6-12(16-4-2)14(13)20-15/h11-12,16H,3-10H2,1-2H3. The average Bonchev–Trinajstić information content (AvgIpc) is 2.93. The van der Waals surface area contributed by atoms with Gasteiger partial charge in [-0.25, -0.2) is 4.98 Å². The Morgan fingerprint density at radius 2 is 2.30 bits per heavy atom. The summed E-state index contributed by atoms with van der Waals surface area (Å²) < 4.78 is 0. The fraction of sp³-hybridized carbons (Fsp3) is 0.800. The summed E-state index contributed by atoms with van der Waals surface area (Å²) in [6, 6.07) is 0.552. The van der Waals surface area contributed by atoms with Gasteiger partial charge in [-0.2, -0.15) is 11.8 Å². The van der Waals surface area contributed by atoms with Crippen molar-refractivity contribution in [1.82, 2.24) is 10.3 Å². The molecule has 2 heterocycles. The monoisotopic (exact) mass is 311 g/mol. The number of hydrogen-bond donors (Lipinski definition) is 1. The zero-order valence-electron chi connectivity index (χ0n) is 12.5. The highest BCUT2D eigenvalue weighted by molar-refractivity contribution is 8.00. The highest BCUT2D eigenvalue weighted by Gasteiger charge is 2.27. The summed E-state index contributed by atoms with van der Waals surface area (Å²) in [4.78, 5) is 9.01. The first-order valence-corrected chi connectivity index (χ1v) is 9.77. The Labute approximate surface area is 130 Å². The molecule has 0 radical (unpaired) electrons. The molecule has 3 nitrogen and oxygen atoms in total. The molecule has 2 aliphatic rings. The SMILES string of the molecule is CCNC1CCCc2nc(N3CCSC(CC)C3)sc21. The highest BCUT2D eigenvalue weighted by Crippen LogP contribution is 2.38. The molecule has 0 spiro atoms. The number of aryl methyl sites for hydroxylation is 1. The van der Waals surface area contributed by atoms with Crippen LogP contribution in [0.15, 0.2) is 0 Å². The van der Waals surface area contributed by atoms with Crippen LogP contribution in [-0.2, 0) is 6.42 Å². The van der Waals surface area contributed by atoms with Gasteiger partial charge in [-0.05, 0) is 32.2 Å². The molecule has 1 N–H and O–H groups in total. The van der Waals surface area contributed by atoms with E-state index < -0.39 is 0 Å². The van der Waals surface area contributed by atoms with Gasteiger partial charge in [0.25, 0.3) is 0 Å². The van der Waals surface area contributed by atoms with E-state index in [9.17, 15) is 0 Å². The van der Waals surface area contributed by atoms with Crippen LogP contribution < -0.4 is 10.2 Å². The van der Waals surface area contributed by atoms with Gasteiger partial charge in [0.15, 0.2) is 5.13 Å². The fourth-order valence-electron chi connectivity index (χ4n) is 3.12. The fourth-order valence-corrected chi connectivity index (χ4v) is 5.56. The molecule has 2 atom stereocenters. The summed E-state index contributed by atoms with van der Waals surface area (Å²) in [5.41, 5.74) is 1.37. The summed E-state index contributed by atoms with van der Waals surface area (Å²) in [6.45, 7) is 7.90. The third-order valence-electron chi connectivity index (χ3n) is 4.25. The summed E-state index contributed by atoms with van der Waals surface area (Å²) in [6.07, 6.45) is 5.00. The Morgan fingerprint density at radius 3 is 3.10 bits per heavy atom. The maximum Gasteiger partial charge on any atom is 0.185 e. The number of rotatable bonds is 4. The third-order valence-corrected chi connectivity index (χ3v) is 6.90. The van der Waals surface area contributed by atoms with Crippen LogP contribution in [0.25, 0.3) is 0 Å². The van der Waals surface area contributed by atoms with Crippen molar-refractivity contribution in [3.05, 3.63) is 10.6 Å². The Hall–Kier alpha value is -0.260. The Bertz CT molecular complexity index is 446. The molecule has 1 fully saturated rings. The van der Waals surface area contributed by atoms with Crippen LogP contribution in [0.1, 0.15) is 49.7 Å². The lowest BCUT2D eigenvalue weighted by atomic mass is 9.98. The minimum atomic E-state index is 0.552. The molecule has 5 heteroatoms. The number of nitrogens with one attached hydrogen (secondary N) is 1. The zero-order valence-corrected chi connectivity index (χ0v) is 14.2. The number of thioether (sulfide) groups is 1. The van der Waals surface area contributed by atoms with E-state index in [4.69, 9.17) is 4.98 Å². The minimum Gasteiger partial charge on any atom is -0.346 e. The van der Waals surface area contributed by atoms with Gasteiger partial charge in [0.2, 0.25) is 0 Å². The van der Waals surface area contributed by atoms with Crippen molar-refractivity contribution in [1.29, 1.82) is 0 Å². The molecule has 0 amide bonds. The second kappa shape index (κ2) is 6.67. The van der Waals surface area contributed by atoms with Crippen LogP contribution in [0.3, 0.4) is 0 Å². The van der Waals surface area contributed by atoms with Crippen molar-refractivity contribution < 1.29 is 0 Å². The molecule has 2 unspecified atom stereocenters. The maximum atomic E-state index is 4.97. The number of aromatic nitrogens is 1. The summed E-state index contributed by atoms with van der Waals surface area (Å²) >= 11 is 4.07. The normalized spacial score (nSPS) is 26.6. The second-order valence-corrected chi connectivity index (χ2v) is 8.07. The number of fused-ring (bicyclic) bond motifs is 1. The van der Waals surface area contributed by atoms with E-state index in [1.807, 2.05) is 11.3 Å². The Kier molecular flexibility index (Phi) is 4.89. The van der Waals surface area contributed by atoms with Crippen molar-refractivity contribution in [3.8, 4) is 0 Å². The molecule has 0 aromatic carbocycles. The quantitative estimate of drug-likeness (QED) is 0.922. The predicted molar refractivity (Wildman–Crippen MR) is 90.2 cm³/mol. The van der Waals surface area contributed by atoms with Gasteiger partial charge in [-0.15, -0.1) is 0 Å². The van der Waals surface area contributed by atoms with E-state index in [-0.39, 0.29) is 0 Å². The molecule has 3 rings (SSSR count). The number of thiazole rings is 1. The number of nitrogens with zero attached hydrogens (tertiary/aromatic N) is 2. The van der Waals surface area contributed by atoms with Crippen LogP contribution >= 0.6 is 23.1 Å². The summed E-state index contributed by atoms with van der Waals surface area (Å²) in [5, 5.41) is 5.69.